The highest BCUT2D eigenvalue weighted by Crippen LogP contribution is 2.09. The Hall–Kier alpha value is -0.640. The van der Waals surface area contributed by atoms with Crippen LogP contribution in [0, 0.1) is 0 Å². The maximum Gasteiger partial charge on any atom is 0.203 e. The molecule has 1 aliphatic rings. The number of rotatable bonds is 0. The van der Waals surface area contributed by atoms with Crippen LogP contribution in [0.25, 0.3) is 0 Å². The molecular weight excluding hydrogens is 146 g/mol. The maximum atomic E-state index is 4.28. The van der Waals surface area contributed by atoms with Crippen molar-refractivity contribution >= 4 is 11.5 Å². The van der Waals surface area contributed by atoms with Gasteiger partial charge in [-0.05, 0) is 6.42 Å². The van der Waals surface area contributed by atoms with E-state index < -0.39 is 0 Å². The topological polar surface area (TPSA) is 30.2 Å². The lowest BCUT2D eigenvalue weighted by Gasteiger charge is -1.89. The molecule has 4 heteroatoms. The summed E-state index contributed by atoms with van der Waals surface area (Å²) in [7, 11) is 1.82. The first-order chi connectivity index (χ1) is 4.92. The molecule has 0 aromatic carbocycles. The molecule has 0 saturated carbocycles. The number of nitrogens with zero attached hydrogens (tertiary/aromatic N) is 3. The highest BCUT2D eigenvalue weighted by atomic mass is 32.1. The van der Waals surface area contributed by atoms with Gasteiger partial charge in [0.25, 0.3) is 0 Å². The van der Waals surface area contributed by atoms with E-state index in [0.717, 1.165) is 17.8 Å². The third-order valence-electron chi connectivity index (χ3n) is 1.75. The molecule has 0 atom stereocenters. The fourth-order valence-corrected chi connectivity index (χ4v) is 2.02. The first kappa shape index (κ1) is 6.09. The van der Waals surface area contributed by atoms with E-state index in [4.69, 9.17) is 0 Å². The molecule has 2 rings (SSSR count). The average Bonchev–Trinajstić information content (AvgIpc) is 2.44. The largest absolute Gasteiger partial charge is 0.304 e. The van der Waals surface area contributed by atoms with Crippen LogP contribution in [0.5, 0.6) is 0 Å². The predicted molar refractivity (Wildman–Crippen MR) is 39.9 cm³/mol. The molecule has 0 saturated heterocycles. The Morgan fingerprint density at radius 2 is 2.60 bits per heavy atom. The summed E-state index contributed by atoms with van der Waals surface area (Å²) >= 11 is 1.50. The summed E-state index contributed by atoms with van der Waals surface area (Å²) in [6, 6.07) is 0. The van der Waals surface area contributed by atoms with Gasteiger partial charge in [0.05, 0.1) is 0 Å². The Bertz CT molecular complexity index is 296. The summed E-state index contributed by atoms with van der Waals surface area (Å²) < 4.78 is 6.48. The van der Waals surface area contributed by atoms with Crippen LogP contribution in [-0.2, 0) is 13.0 Å². The number of fused-ring (bicyclic) bond motifs is 1. The predicted octanol–water partition coefficient (Wildman–Crippen LogP) is 0.421. The van der Waals surface area contributed by atoms with Crippen molar-refractivity contribution in [1.82, 2.24) is 8.94 Å². The van der Waals surface area contributed by atoms with Crippen LogP contribution >= 0.6 is 11.5 Å². The van der Waals surface area contributed by atoms with Crippen LogP contribution in [0.15, 0.2) is 4.99 Å². The van der Waals surface area contributed by atoms with Crippen LogP contribution in [0.2, 0.25) is 0 Å². The molecule has 0 N–H and O–H groups in total. The summed E-state index contributed by atoms with van der Waals surface area (Å²) in [5, 5.41) is 0. The lowest BCUT2D eigenvalue weighted by atomic mass is 10.4. The standard InChI is InChI=1S/C6H9N3S/c1-7-6-9-4-2-3-5(9)8-10-6/h2-4H2,1H3. The SMILES string of the molecule is CN=c1snc2n1CCC2. The number of aromatic nitrogens is 2. The van der Waals surface area contributed by atoms with Gasteiger partial charge in [-0.2, -0.15) is 4.37 Å². The summed E-state index contributed by atoms with van der Waals surface area (Å²) in [5.41, 5.74) is 0. The van der Waals surface area contributed by atoms with E-state index in [9.17, 15) is 0 Å². The fraction of sp³-hybridized carbons (Fsp3) is 0.667. The van der Waals surface area contributed by atoms with Crippen molar-refractivity contribution in [3.63, 3.8) is 0 Å². The van der Waals surface area contributed by atoms with Gasteiger partial charge in [0, 0.05) is 31.5 Å². The molecule has 0 bridgehead atoms. The Labute approximate surface area is 63.2 Å². The second-order valence-electron chi connectivity index (χ2n) is 2.36. The van der Waals surface area contributed by atoms with Crippen molar-refractivity contribution in [2.75, 3.05) is 7.05 Å². The minimum Gasteiger partial charge on any atom is -0.304 e. The molecule has 0 radical (unpaired) electrons. The molecule has 0 spiro atoms. The molecule has 1 aliphatic heterocycles. The van der Waals surface area contributed by atoms with Gasteiger partial charge in [-0.3, -0.25) is 4.99 Å². The molecule has 0 amide bonds. The van der Waals surface area contributed by atoms with Crippen molar-refractivity contribution in [2.45, 2.75) is 19.4 Å². The molecule has 54 valence electrons. The van der Waals surface area contributed by atoms with Crippen molar-refractivity contribution in [3.05, 3.63) is 10.6 Å². The van der Waals surface area contributed by atoms with Gasteiger partial charge in [0.2, 0.25) is 4.80 Å². The van der Waals surface area contributed by atoms with E-state index in [1.54, 1.807) is 0 Å². The molecule has 0 unspecified atom stereocenters. The van der Waals surface area contributed by atoms with Crippen LogP contribution in [0.3, 0.4) is 0 Å². The zero-order valence-corrected chi connectivity index (χ0v) is 6.69. The monoisotopic (exact) mass is 155 g/mol. The Morgan fingerprint density at radius 3 is 3.40 bits per heavy atom. The zero-order chi connectivity index (χ0) is 6.97. The second-order valence-corrected chi connectivity index (χ2v) is 3.09. The zero-order valence-electron chi connectivity index (χ0n) is 5.87. The fourth-order valence-electron chi connectivity index (χ4n) is 1.26. The first-order valence-corrected chi connectivity index (χ1v) is 4.17. The third-order valence-corrected chi connectivity index (χ3v) is 2.62. The molecular formula is C6H9N3S. The Balaban J connectivity index is 2.65. The van der Waals surface area contributed by atoms with Crippen LogP contribution in [-0.4, -0.2) is 16.0 Å². The van der Waals surface area contributed by atoms with Crippen molar-refractivity contribution < 1.29 is 0 Å². The lowest BCUT2D eigenvalue weighted by Crippen LogP contribution is -2.11. The molecule has 10 heavy (non-hydrogen) atoms. The first-order valence-electron chi connectivity index (χ1n) is 3.40. The normalized spacial score (nSPS) is 17.9. The van der Waals surface area contributed by atoms with Gasteiger partial charge >= 0.3 is 0 Å². The van der Waals surface area contributed by atoms with Crippen molar-refractivity contribution in [2.24, 2.45) is 4.99 Å². The van der Waals surface area contributed by atoms with E-state index in [1.807, 2.05) is 7.05 Å². The highest BCUT2D eigenvalue weighted by Gasteiger charge is 2.12. The molecule has 3 nitrogen and oxygen atoms in total. The summed E-state index contributed by atoms with van der Waals surface area (Å²) in [6.07, 6.45) is 2.37. The van der Waals surface area contributed by atoms with E-state index >= 15 is 0 Å². The highest BCUT2D eigenvalue weighted by molar-refractivity contribution is 7.02. The van der Waals surface area contributed by atoms with Crippen LogP contribution in [0.4, 0.5) is 0 Å². The number of aryl methyl sites for hydroxylation is 1. The molecule has 1 aromatic rings. The van der Waals surface area contributed by atoms with Crippen molar-refractivity contribution in [1.29, 1.82) is 0 Å². The Morgan fingerprint density at radius 1 is 1.70 bits per heavy atom. The van der Waals surface area contributed by atoms with Gasteiger partial charge in [-0.25, -0.2) is 0 Å². The van der Waals surface area contributed by atoms with Crippen LogP contribution < -0.4 is 4.80 Å². The van der Waals surface area contributed by atoms with Gasteiger partial charge < -0.3 is 4.57 Å². The molecule has 2 heterocycles. The minimum absolute atomic E-state index is 1.06. The molecule has 0 fully saturated rings. The smallest absolute Gasteiger partial charge is 0.203 e. The maximum absolute atomic E-state index is 4.28. The summed E-state index contributed by atoms with van der Waals surface area (Å²) in [5.74, 6) is 1.21. The van der Waals surface area contributed by atoms with Gasteiger partial charge in [0.1, 0.15) is 5.82 Å². The quantitative estimate of drug-likeness (QED) is 0.534. The molecule has 0 aliphatic carbocycles. The summed E-state index contributed by atoms with van der Waals surface area (Å²) in [6.45, 7) is 1.11. The molecule has 1 aromatic heterocycles. The van der Waals surface area contributed by atoms with E-state index in [-0.39, 0.29) is 0 Å². The van der Waals surface area contributed by atoms with E-state index in [2.05, 4.69) is 13.9 Å². The Kier molecular flexibility index (Phi) is 1.34. The summed E-state index contributed by atoms with van der Waals surface area (Å²) in [4.78, 5) is 5.18. The van der Waals surface area contributed by atoms with Crippen LogP contribution in [0.1, 0.15) is 12.2 Å². The minimum atomic E-state index is 1.06. The number of hydrogen-bond donors (Lipinski definition) is 0. The van der Waals surface area contributed by atoms with Crippen molar-refractivity contribution in [3.8, 4) is 0 Å². The third kappa shape index (κ3) is 0.718. The van der Waals surface area contributed by atoms with E-state index in [1.165, 1.54) is 23.8 Å². The van der Waals surface area contributed by atoms with Gasteiger partial charge in [-0.15, -0.1) is 0 Å². The lowest BCUT2D eigenvalue weighted by molar-refractivity contribution is 0.721. The van der Waals surface area contributed by atoms with E-state index in [0.29, 0.717) is 0 Å². The second kappa shape index (κ2) is 2.20. The number of hydrogen-bond acceptors (Lipinski definition) is 3. The average molecular weight is 155 g/mol. The van der Waals surface area contributed by atoms with Gasteiger partial charge in [-0.1, -0.05) is 0 Å². The van der Waals surface area contributed by atoms with Gasteiger partial charge in [0.15, 0.2) is 0 Å².